The van der Waals surface area contributed by atoms with Crippen LogP contribution in [0, 0.1) is 0 Å². The predicted octanol–water partition coefficient (Wildman–Crippen LogP) is 3.79. The quantitative estimate of drug-likeness (QED) is 0.591. The van der Waals surface area contributed by atoms with E-state index in [0.29, 0.717) is 18.1 Å². The summed E-state index contributed by atoms with van der Waals surface area (Å²) in [4.78, 5) is 3.11. The van der Waals surface area contributed by atoms with Crippen molar-refractivity contribution in [1.82, 2.24) is 4.90 Å². The van der Waals surface area contributed by atoms with Crippen molar-refractivity contribution in [1.29, 1.82) is 0 Å². The summed E-state index contributed by atoms with van der Waals surface area (Å²) >= 11 is 9.10. The lowest BCUT2D eigenvalue weighted by atomic mass is 10.2. The van der Waals surface area contributed by atoms with Crippen molar-refractivity contribution in [3.8, 4) is 11.5 Å². The maximum absolute atomic E-state index is 5.62. The first-order valence-corrected chi connectivity index (χ1v) is 7.78. The average Bonchev–Trinajstić information content (AvgIpc) is 2.98. The molecule has 0 saturated carbocycles. The minimum atomic E-state index is 0.435. The second kappa shape index (κ2) is 7.09. The molecule has 108 valence electrons. The molecule has 1 saturated heterocycles. The van der Waals surface area contributed by atoms with Gasteiger partial charge in [0.25, 0.3) is 0 Å². The van der Waals surface area contributed by atoms with Gasteiger partial charge in [-0.15, -0.1) is 0 Å². The number of ether oxygens (including phenoxy) is 2. The van der Waals surface area contributed by atoms with Crippen LogP contribution in [-0.4, -0.2) is 36.7 Å². The van der Waals surface area contributed by atoms with E-state index in [2.05, 4.69) is 27.4 Å². The second-order valence-corrected chi connectivity index (χ2v) is 5.83. The van der Waals surface area contributed by atoms with Crippen LogP contribution in [0.25, 0.3) is 0 Å². The lowest BCUT2D eigenvalue weighted by Crippen LogP contribution is -2.26. The van der Waals surface area contributed by atoms with Gasteiger partial charge < -0.3 is 14.4 Å². The number of rotatable bonds is 5. The Balaban J connectivity index is 2.28. The van der Waals surface area contributed by atoms with Crippen molar-refractivity contribution in [2.45, 2.75) is 12.8 Å². The van der Waals surface area contributed by atoms with Gasteiger partial charge in [-0.1, -0.05) is 24.9 Å². The summed E-state index contributed by atoms with van der Waals surface area (Å²) in [6, 6.07) is 3.92. The summed E-state index contributed by atoms with van der Waals surface area (Å²) in [5.41, 5.74) is 0.983. The monoisotopic (exact) mass is 355 g/mol. The molecule has 20 heavy (non-hydrogen) atoms. The second-order valence-electron chi connectivity index (χ2n) is 4.59. The zero-order chi connectivity index (χ0) is 14.5. The highest BCUT2D eigenvalue weighted by atomic mass is 79.9. The zero-order valence-electron chi connectivity index (χ0n) is 11.5. The van der Waals surface area contributed by atoms with E-state index in [9.17, 15) is 0 Å². The predicted molar refractivity (Wildman–Crippen MR) is 88.9 cm³/mol. The molecule has 1 aromatic carbocycles. The molecule has 0 radical (unpaired) electrons. The number of hydrogen-bond acceptors (Lipinski definition) is 3. The Morgan fingerprint density at radius 2 is 2.15 bits per heavy atom. The highest BCUT2D eigenvalue weighted by molar-refractivity contribution is 9.10. The fraction of sp³-hybridized carbons (Fsp3) is 0.400. The van der Waals surface area contributed by atoms with E-state index >= 15 is 0 Å². The molecule has 0 aromatic heterocycles. The first kappa shape index (κ1) is 15.3. The first-order valence-electron chi connectivity index (χ1n) is 6.58. The molecule has 0 spiro atoms. The van der Waals surface area contributed by atoms with Crippen molar-refractivity contribution >= 4 is 33.1 Å². The van der Waals surface area contributed by atoms with Gasteiger partial charge in [0.15, 0.2) is 11.5 Å². The van der Waals surface area contributed by atoms with E-state index in [-0.39, 0.29) is 0 Å². The Labute approximate surface area is 133 Å². The summed E-state index contributed by atoms with van der Waals surface area (Å²) in [6.07, 6.45) is 4.12. The van der Waals surface area contributed by atoms with Gasteiger partial charge in [-0.05, 0) is 40.9 Å². The number of likely N-dealkylation sites (tertiary alicyclic amines) is 1. The van der Waals surface area contributed by atoms with Gasteiger partial charge in [0.2, 0.25) is 0 Å². The Bertz CT molecular complexity index is 513. The van der Waals surface area contributed by atoms with Crippen LogP contribution in [-0.2, 0) is 0 Å². The van der Waals surface area contributed by atoms with E-state index in [1.54, 1.807) is 13.2 Å². The van der Waals surface area contributed by atoms with Gasteiger partial charge >= 0.3 is 0 Å². The molecule has 1 aliphatic heterocycles. The topological polar surface area (TPSA) is 21.7 Å². The molecule has 3 nitrogen and oxygen atoms in total. The summed E-state index contributed by atoms with van der Waals surface area (Å²) in [5, 5.41) is 0. The molecule has 2 rings (SSSR count). The normalized spacial score (nSPS) is 14.2. The number of hydrogen-bond donors (Lipinski definition) is 0. The van der Waals surface area contributed by atoms with Gasteiger partial charge in [0, 0.05) is 18.7 Å². The third-order valence-corrected chi connectivity index (χ3v) is 4.30. The Morgan fingerprint density at radius 1 is 1.45 bits per heavy atom. The highest BCUT2D eigenvalue weighted by Crippen LogP contribution is 2.37. The fourth-order valence-electron chi connectivity index (χ4n) is 2.23. The van der Waals surface area contributed by atoms with Gasteiger partial charge in [-0.3, -0.25) is 0 Å². The highest BCUT2D eigenvalue weighted by Gasteiger charge is 2.19. The molecular weight excluding hydrogens is 338 g/mol. The molecular formula is C15H18BrNO2S. The van der Waals surface area contributed by atoms with E-state index in [1.165, 1.54) is 12.8 Å². The van der Waals surface area contributed by atoms with Crippen LogP contribution in [0.1, 0.15) is 18.4 Å². The smallest absolute Gasteiger partial charge is 0.175 e. The summed E-state index contributed by atoms with van der Waals surface area (Å²) in [7, 11) is 1.63. The standard InChI is InChI=1S/C15H18BrNO2S/c1-3-8-19-14-12(16)9-11(10-13(14)18-2)15(20)17-6-4-5-7-17/h3,9-10H,1,4-8H2,2H3. The fourth-order valence-corrected chi connectivity index (χ4v) is 3.09. The van der Waals surface area contributed by atoms with E-state index in [1.807, 2.05) is 12.1 Å². The zero-order valence-corrected chi connectivity index (χ0v) is 13.9. The molecule has 0 amide bonds. The molecule has 0 bridgehead atoms. The van der Waals surface area contributed by atoms with Crippen LogP contribution in [0.15, 0.2) is 29.3 Å². The van der Waals surface area contributed by atoms with Crippen LogP contribution in [0.2, 0.25) is 0 Å². The minimum absolute atomic E-state index is 0.435. The molecule has 5 heteroatoms. The molecule has 1 heterocycles. The molecule has 0 unspecified atom stereocenters. The molecule has 0 atom stereocenters. The number of benzene rings is 1. The Kier molecular flexibility index (Phi) is 5.43. The van der Waals surface area contributed by atoms with Gasteiger partial charge in [0.05, 0.1) is 11.6 Å². The maximum Gasteiger partial charge on any atom is 0.175 e. The Hall–Kier alpha value is -1.07. The molecule has 1 aromatic rings. The molecule has 0 aliphatic carbocycles. The average molecular weight is 356 g/mol. The summed E-state index contributed by atoms with van der Waals surface area (Å²) < 4.78 is 11.9. The van der Waals surface area contributed by atoms with Crippen molar-refractivity contribution in [2.24, 2.45) is 0 Å². The minimum Gasteiger partial charge on any atom is -0.493 e. The van der Waals surface area contributed by atoms with E-state index < -0.39 is 0 Å². The SMILES string of the molecule is C=CCOc1c(Br)cc(C(=S)N2CCCC2)cc1OC. The third kappa shape index (κ3) is 3.33. The van der Waals surface area contributed by atoms with Crippen molar-refractivity contribution in [2.75, 3.05) is 26.8 Å². The van der Waals surface area contributed by atoms with E-state index in [0.717, 1.165) is 28.1 Å². The van der Waals surface area contributed by atoms with Crippen molar-refractivity contribution in [3.63, 3.8) is 0 Å². The van der Waals surface area contributed by atoms with Gasteiger partial charge in [-0.25, -0.2) is 0 Å². The number of halogens is 1. The largest absolute Gasteiger partial charge is 0.493 e. The van der Waals surface area contributed by atoms with Crippen LogP contribution in [0.4, 0.5) is 0 Å². The Morgan fingerprint density at radius 3 is 2.75 bits per heavy atom. The number of thiocarbonyl (C=S) groups is 1. The summed E-state index contributed by atoms with van der Waals surface area (Å²) in [5.74, 6) is 1.36. The van der Waals surface area contributed by atoms with Crippen LogP contribution < -0.4 is 9.47 Å². The molecule has 1 aliphatic rings. The van der Waals surface area contributed by atoms with E-state index in [4.69, 9.17) is 21.7 Å². The lowest BCUT2D eigenvalue weighted by molar-refractivity contribution is 0.324. The van der Waals surface area contributed by atoms with Crippen LogP contribution in [0.3, 0.4) is 0 Å². The lowest BCUT2D eigenvalue weighted by Gasteiger charge is -2.20. The first-order chi connectivity index (χ1) is 9.67. The van der Waals surface area contributed by atoms with Crippen LogP contribution >= 0.6 is 28.1 Å². The maximum atomic E-state index is 5.62. The third-order valence-electron chi connectivity index (χ3n) is 3.22. The van der Waals surface area contributed by atoms with Crippen molar-refractivity contribution < 1.29 is 9.47 Å². The van der Waals surface area contributed by atoms with Crippen molar-refractivity contribution in [3.05, 3.63) is 34.8 Å². The summed E-state index contributed by atoms with van der Waals surface area (Å²) in [6.45, 7) is 6.16. The number of methoxy groups -OCH3 is 1. The van der Waals surface area contributed by atoms with Gasteiger partial charge in [-0.2, -0.15) is 0 Å². The number of nitrogens with zero attached hydrogens (tertiary/aromatic N) is 1. The molecule has 0 N–H and O–H groups in total. The molecule has 1 fully saturated rings. The van der Waals surface area contributed by atoms with Crippen LogP contribution in [0.5, 0.6) is 11.5 Å². The van der Waals surface area contributed by atoms with Gasteiger partial charge in [0.1, 0.15) is 11.6 Å².